The van der Waals surface area contributed by atoms with E-state index in [0.29, 0.717) is 5.92 Å². The predicted octanol–water partition coefficient (Wildman–Crippen LogP) is 2.67. The Morgan fingerprint density at radius 1 is 1.42 bits per heavy atom. The molecule has 1 heterocycles. The van der Waals surface area contributed by atoms with Gasteiger partial charge in [-0.2, -0.15) is 0 Å². The summed E-state index contributed by atoms with van der Waals surface area (Å²) in [4.78, 5) is 14.5. The van der Waals surface area contributed by atoms with Crippen LogP contribution in [0.1, 0.15) is 28.8 Å². The maximum atomic E-state index is 12.5. The molecule has 1 aliphatic heterocycles. The van der Waals surface area contributed by atoms with E-state index in [1.165, 1.54) is 0 Å². The summed E-state index contributed by atoms with van der Waals surface area (Å²) in [5.41, 5.74) is 1.96. The van der Waals surface area contributed by atoms with Crippen LogP contribution < -0.4 is 5.32 Å². The number of benzene rings is 1. The summed E-state index contributed by atoms with van der Waals surface area (Å²) in [6.07, 6.45) is 2.21. The van der Waals surface area contributed by atoms with Crippen molar-refractivity contribution in [1.29, 1.82) is 0 Å². The van der Waals surface area contributed by atoms with E-state index in [1.54, 1.807) is 0 Å². The van der Waals surface area contributed by atoms with Crippen LogP contribution in [0.15, 0.2) is 18.2 Å². The summed E-state index contributed by atoms with van der Waals surface area (Å²) < 4.78 is 1.16. The summed E-state index contributed by atoms with van der Waals surface area (Å²) in [6, 6.07) is 5.96. The first kappa shape index (κ1) is 14.8. The molecule has 3 nitrogen and oxygen atoms in total. The molecule has 4 heteroatoms. The summed E-state index contributed by atoms with van der Waals surface area (Å²) in [6.45, 7) is 4.86. The molecule has 1 aliphatic rings. The van der Waals surface area contributed by atoms with Gasteiger partial charge in [0.1, 0.15) is 0 Å². The molecule has 0 aliphatic carbocycles. The van der Waals surface area contributed by atoms with Gasteiger partial charge in [0.05, 0.1) is 0 Å². The number of likely N-dealkylation sites (tertiary alicyclic amines) is 1. The number of nitrogens with one attached hydrogen (secondary N) is 1. The maximum Gasteiger partial charge on any atom is 0.254 e. The average Bonchev–Trinajstić information content (AvgIpc) is 2.42. The highest BCUT2D eigenvalue weighted by molar-refractivity contribution is 14.1. The zero-order valence-corrected chi connectivity index (χ0v) is 13.7. The molecule has 1 N–H and O–H groups in total. The van der Waals surface area contributed by atoms with Crippen LogP contribution in [-0.2, 0) is 0 Å². The molecule has 2 rings (SSSR count). The van der Waals surface area contributed by atoms with Gasteiger partial charge in [-0.05, 0) is 79.6 Å². The first-order valence-electron chi connectivity index (χ1n) is 6.82. The monoisotopic (exact) mass is 372 g/mol. The Balaban J connectivity index is 2.03. The lowest BCUT2D eigenvalue weighted by molar-refractivity contribution is 0.0690. The van der Waals surface area contributed by atoms with E-state index in [9.17, 15) is 4.79 Å². The number of hydrogen-bond donors (Lipinski definition) is 1. The van der Waals surface area contributed by atoms with Crippen LogP contribution >= 0.6 is 22.6 Å². The highest BCUT2D eigenvalue weighted by atomic mass is 127. The highest BCUT2D eigenvalue weighted by Crippen LogP contribution is 2.21. The molecule has 0 radical (unpaired) electrons. The number of carbonyl (C=O) groups excluding carboxylic acids is 1. The molecule has 0 unspecified atom stereocenters. The van der Waals surface area contributed by atoms with Crippen molar-refractivity contribution in [2.24, 2.45) is 5.92 Å². The Labute approximate surface area is 128 Å². The Morgan fingerprint density at radius 3 is 2.74 bits per heavy atom. The standard InChI is InChI=1S/C15H21IN2O/c1-11-13(4-3-5-14(11)16)15(19)18-8-6-12(7-9-18)10-17-2/h3-5,12,17H,6-10H2,1-2H3. The van der Waals surface area contributed by atoms with Crippen LogP contribution in [0.5, 0.6) is 0 Å². The zero-order valence-electron chi connectivity index (χ0n) is 11.6. The molecular formula is C15H21IN2O. The third-order valence-electron chi connectivity index (χ3n) is 3.89. The van der Waals surface area contributed by atoms with E-state index in [1.807, 2.05) is 37.1 Å². The first-order valence-corrected chi connectivity index (χ1v) is 7.90. The van der Waals surface area contributed by atoms with Crippen LogP contribution in [-0.4, -0.2) is 37.5 Å². The third-order valence-corrected chi connectivity index (χ3v) is 5.06. The Morgan fingerprint density at radius 2 is 2.11 bits per heavy atom. The normalized spacial score (nSPS) is 16.7. The van der Waals surface area contributed by atoms with E-state index in [2.05, 4.69) is 27.9 Å². The van der Waals surface area contributed by atoms with Gasteiger partial charge in [0, 0.05) is 22.2 Å². The summed E-state index contributed by atoms with van der Waals surface area (Å²) in [7, 11) is 1.99. The Bertz CT molecular complexity index is 453. The fourth-order valence-corrected chi connectivity index (χ4v) is 3.14. The summed E-state index contributed by atoms with van der Waals surface area (Å²) >= 11 is 2.29. The van der Waals surface area contributed by atoms with Crippen LogP contribution in [0.25, 0.3) is 0 Å². The fourth-order valence-electron chi connectivity index (χ4n) is 2.64. The molecule has 1 aromatic rings. The smallest absolute Gasteiger partial charge is 0.254 e. The predicted molar refractivity (Wildman–Crippen MR) is 86.5 cm³/mol. The van der Waals surface area contributed by atoms with Gasteiger partial charge < -0.3 is 10.2 Å². The van der Waals surface area contributed by atoms with Gasteiger partial charge in [0.25, 0.3) is 5.91 Å². The zero-order chi connectivity index (χ0) is 13.8. The number of piperidine rings is 1. The van der Waals surface area contributed by atoms with Gasteiger partial charge >= 0.3 is 0 Å². The molecule has 19 heavy (non-hydrogen) atoms. The third kappa shape index (κ3) is 3.48. The van der Waals surface area contributed by atoms with Crippen molar-refractivity contribution in [2.45, 2.75) is 19.8 Å². The number of halogens is 1. The second kappa shape index (κ2) is 6.70. The van der Waals surface area contributed by atoms with Gasteiger partial charge in [-0.25, -0.2) is 0 Å². The average molecular weight is 372 g/mol. The molecule has 1 saturated heterocycles. The molecule has 1 amide bonds. The number of rotatable bonds is 3. The lowest BCUT2D eigenvalue weighted by Crippen LogP contribution is -2.40. The van der Waals surface area contributed by atoms with Crippen molar-refractivity contribution >= 4 is 28.5 Å². The van der Waals surface area contributed by atoms with Gasteiger partial charge in [-0.15, -0.1) is 0 Å². The minimum Gasteiger partial charge on any atom is -0.339 e. The van der Waals surface area contributed by atoms with E-state index >= 15 is 0 Å². The molecular weight excluding hydrogens is 351 g/mol. The maximum absolute atomic E-state index is 12.5. The number of hydrogen-bond acceptors (Lipinski definition) is 2. The van der Waals surface area contributed by atoms with E-state index in [-0.39, 0.29) is 5.91 Å². The largest absolute Gasteiger partial charge is 0.339 e. The van der Waals surface area contributed by atoms with Gasteiger partial charge in [0.15, 0.2) is 0 Å². The Hall–Kier alpha value is -0.620. The molecule has 104 valence electrons. The summed E-state index contributed by atoms with van der Waals surface area (Å²) in [5.74, 6) is 0.907. The van der Waals surface area contributed by atoms with Gasteiger partial charge in [-0.3, -0.25) is 4.79 Å². The second-order valence-corrected chi connectivity index (χ2v) is 6.37. The first-order chi connectivity index (χ1) is 9.13. The van der Waals surface area contributed by atoms with Crippen LogP contribution in [0.2, 0.25) is 0 Å². The molecule has 1 fully saturated rings. The van der Waals surface area contributed by atoms with Gasteiger partial charge in [0.2, 0.25) is 0 Å². The lowest BCUT2D eigenvalue weighted by atomic mass is 9.96. The number of carbonyl (C=O) groups is 1. The summed E-state index contributed by atoms with van der Waals surface area (Å²) in [5, 5.41) is 3.23. The molecule has 0 atom stereocenters. The second-order valence-electron chi connectivity index (χ2n) is 5.21. The minimum absolute atomic E-state index is 0.193. The van der Waals surface area contributed by atoms with Crippen LogP contribution in [0.3, 0.4) is 0 Å². The fraction of sp³-hybridized carbons (Fsp3) is 0.533. The van der Waals surface area contributed by atoms with E-state index in [4.69, 9.17) is 0 Å². The number of amides is 1. The topological polar surface area (TPSA) is 32.3 Å². The van der Waals surface area contributed by atoms with Crippen molar-refractivity contribution in [3.8, 4) is 0 Å². The SMILES string of the molecule is CNCC1CCN(C(=O)c2cccc(I)c2C)CC1. The molecule has 0 saturated carbocycles. The van der Waals surface area contributed by atoms with Crippen molar-refractivity contribution < 1.29 is 4.79 Å². The molecule has 1 aromatic carbocycles. The quantitative estimate of drug-likeness (QED) is 0.828. The van der Waals surface area contributed by atoms with Crippen molar-refractivity contribution in [3.63, 3.8) is 0 Å². The van der Waals surface area contributed by atoms with E-state index < -0.39 is 0 Å². The van der Waals surface area contributed by atoms with Crippen LogP contribution in [0, 0.1) is 16.4 Å². The highest BCUT2D eigenvalue weighted by Gasteiger charge is 2.24. The van der Waals surface area contributed by atoms with Crippen molar-refractivity contribution in [1.82, 2.24) is 10.2 Å². The van der Waals surface area contributed by atoms with Crippen molar-refractivity contribution in [3.05, 3.63) is 32.9 Å². The van der Waals surface area contributed by atoms with Gasteiger partial charge in [-0.1, -0.05) is 6.07 Å². The molecule has 0 bridgehead atoms. The Kier molecular flexibility index (Phi) is 5.21. The van der Waals surface area contributed by atoms with Crippen LogP contribution in [0.4, 0.5) is 0 Å². The molecule has 0 aromatic heterocycles. The van der Waals surface area contributed by atoms with E-state index in [0.717, 1.165) is 47.2 Å². The van der Waals surface area contributed by atoms with Crippen molar-refractivity contribution in [2.75, 3.05) is 26.7 Å². The minimum atomic E-state index is 0.193. The molecule has 0 spiro atoms. The lowest BCUT2D eigenvalue weighted by Gasteiger charge is -2.32. The number of nitrogens with zero attached hydrogens (tertiary/aromatic N) is 1.